The predicted molar refractivity (Wildman–Crippen MR) is 102 cm³/mol. The van der Waals surface area contributed by atoms with E-state index in [4.69, 9.17) is 13.9 Å². The Morgan fingerprint density at radius 3 is 1.81 bits per heavy atom. The van der Waals surface area contributed by atoms with Crippen molar-refractivity contribution in [3.05, 3.63) is 83.8 Å². The summed E-state index contributed by atoms with van der Waals surface area (Å²) in [6.45, 7) is 1.35. The number of hydrogen-bond donors (Lipinski definition) is 0. The maximum Gasteiger partial charge on any atom is 0.146 e. The highest BCUT2D eigenvalue weighted by Crippen LogP contribution is 2.17. The molecule has 0 fully saturated rings. The summed E-state index contributed by atoms with van der Waals surface area (Å²) >= 11 is 0. The standard InChI is InChI=1S/C21H22N2O3/c1-24-19-9-5-17(6-10-19)15-23(22-14-21-4-3-13-26-21)16-18-7-11-20(25-2)12-8-18/h3-14H,15-16H2,1-2H3. The van der Waals surface area contributed by atoms with Crippen LogP contribution < -0.4 is 9.47 Å². The van der Waals surface area contributed by atoms with E-state index < -0.39 is 0 Å². The van der Waals surface area contributed by atoms with Gasteiger partial charge in [-0.05, 0) is 47.5 Å². The molecule has 3 aromatic rings. The van der Waals surface area contributed by atoms with Crippen LogP contribution >= 0.6 is 0 Å². The number of benzene rings is 2. The lowest BCUT2D eigenvalue weighted by molar-refractivity contribution is 0.271. The molecule has 0 N–H and O–H groups in total. The molecular formula is C21H22N2O3. The Kier molecular flexibility index (Phi) is 5.93. The van der Waals surface area contributed by atoms with E-state index >= 15 is 0 Å². The lowest BCUT2D eigenvalue weighted by Gasteiger charge is -2.19. The van der Waals surface area contributed by atoms with Crippen LogP contribution in [0.3, 0.4) is 0 Å². The summed E-state index contributed by atoms with van der Waals surface area (Å²) in [7, 11) is 3.33. The molecule has 0 unspecified atom stereocenters. The van der Waals surface area contributed by atoms with Crippen LogP contribution in [0.1, 0.15) is 16.9 Å². The molecule has 0 aliphatic rings. The lowest BCUT2D eigenvalue weighted by Crippen LogP contribution is -2.17. The minimum Gasteiger partial charge on any atom is -0.497 e. The van der Waals surface area contributed by atoms with E-state index in [1.165, 1.54) is 0 Å². The molecule has 0 atom stereocenters. The maximum atomic E-state index is 5.34. The van der Waals surface area contributed by atoms with Gasteiger partial charge in [0.25, 0.3) is 0 Å². The topological polar surface area (TPSA) is 47.2 Å². The normalized spacial score (nSPS) is 10.8. The molecule has 0 bridgehead atoms. The highest BCUT2D eigenvalue weighted by Gasteiger charge is 2.06. The molecule has 134 valence electrons. The van der Waals surface area contributed by atoms with Gasteiger partial charge < -0.3 is 13.9 Å². The Morgan fingerprint density at radius 1 is 0.846 bits per heavy atom. The molecule has 1 heterocycles. The molecule has 0 aliphatic carbocycles. The van der Waals surface area contributed by atoms with Gasteiger partial charge in [0.2, 0.25) is 0 Å². The van der Waals surface area contributed by atoms with Crippen LogP contribution in [0.15, 0.2) is 76.4 Å². The van der Waals surface area contributed by atoms with Crippen LogP contribution in [0.2, 0.25) is 0 Å². The van der Waals surface area contributed by atoms with Crippen molar-refractivity contribution in [2.24, 2.45) is 5.10 Å². The minimum absolute atomic E-state index is 0.674. The van der Waals surface area contributed by atoms with E-state index in [1.54, 1.807) is 26.7 Å². The summed E-state index contributed by atoms with van der Waals surface area (Å²) in [5.74, 6) is 2.41. The van der Waals surface area contributed by atoms with Crippen molar-refractivity contribution >= 4 is 6.21 Å². The molecule has 0 saturated carbocycles. The fraction of sp³-hybridized carbons (Fsp3) is 0.190. The second kappa shape index (κ2) is 8.76. The van der Waals surface area contributed by atoms with Crippen molar-refractivity contribution in [1.29, 1.82) is 0 Å². The Hall–Kier alpha value is -3.21. The highest BCUT2D eigenvalue weighted by atomic mass is 16.5. The second-order valence-electron chi connectivity index (χ2n) is 5.78. The van der Waals surface area contributed by atoms with E-state index in [2.05, 4.69) is 5.10 Å². The fourth-order valence-corrected chi connectivity index (χ4v) is 2.52. The highest BCUT2D eigenvalue weighted by molar-refractivity contribution is 5.75. The number of hydrazone groups is 1. The molecule has 0 saturated heterocycles. The quantitative estimate of drug-likeness (QED) is 0.448. The van der Waals surface area contributed by atoms with Gasteiger partial charge in [0.1, 0.15) is 17.3 Å². The molecule has 1 aromatic heterocycles. The van der Waals surface area contributed by atoms with Gasteiger partial charge in [-0.2, -0.15) is 5.10 Å². The zero-order valence-corrected chi connectivity index (χ0v) is 15.0. The van der Waals surface area contributed by atoms with E-state index in [9.17, 15) is 0 Å². The molecule has 5 nitrogen and oxygen atoms in total. The first-order valence-corrected chi connectivity index (χ1v) is 8.35. The van der Waals surface area contributed by atoms with Crippen molar-refractivity contribution in [3.8, 4) is 11.5 Å². The van der Waals surface area contributed by atoms with Crippen molar-refractivity contribution in [3.63, 3.8) is 0 Å². The zero-order valence-electron chi connectivity index (χ0n) is 15.0. The van der Waals surface area contributed by atoms with Gasteiger partial charge in [0.05, 0.1) is 39.8 Å². The van der Waals surface area contributed by atoms with Gasteiger partial charge in [-0.15, -0.1) is 0 Å². The summed E-state index contributed by atoms with van der Waals surface area (Å²) in [4.78, 5) is 0. The van der Waals surface area contributed by atoms with Gasteiger partial charge in [-0.25, -0.2) is 0 Å². The molecule has 0 amide bonds. The minimum atomic E-state index is 0.674. The summed E-state index contributed by atoms with van der Waals surface area (Å²) in [5, 5.41) is 6.59. The number of ether oxygens (including phenoxy) is 2. The molecule has 0 radical (unpaired) electrons. The predicted octanol–water partition coefficient (Wildman–Crippen LogP) is 4.33. The number of furan rings is 1. The molecular weight excluding hydrogens is 328 g/mol. The molecule has 5 heteroatoms. The number of nitrogens with zero attached hydrogens (tertiary/aromatic N) is 2. The number of rotatable bonds is 8. The van der Waals surface area contributed by atoms with Gasteiger partial charge in [-0.3, -0.25) is 5.01 Å². The summed E-state index contributed by atoms with van der Waals surface area (Å²) in [5.41, 5.74) is 2.30. The van der Waals surface area contributed by atoms with Crippen molar-refractivity contribution in [2.75, 3.05) is 14.2 Å². The number of hydrogen-bond acceptors (Lipinski definition) is 5. The first-order valence-electron chi connectivity index (χ1n) is 8.35. The van der Waals surface area contributed by atoms with Gasteiger partial charge in [-0.1, -0.05) is 24.3 Å². The van der Waals surface area contributed by atoms with Crippen LogP contribution in [0.25, 0.3) is 0 Å². The van der Waals surface area contributed by atoms with Crippen molar-refractivity contribution in [2.45, 2.75) is 13.1 Å². The molecule has 2 aromatic carbocycles. The Bertz CT molecular complexity index is 760. The van der Waals surface area contributed by atoms with Gasteiger partial charge in [0, 0.05) is 0 Å². The molecule has 26 heavy (non-hydrogen) atoms. The van der Waals surface area contributed by atoms with E-state index in [-0.39, 0.29) is 0 Å². The van der Waals surface area contributed by atoms with E-state index in [1.807, 2.05) is 65.7 Å². The third-order valence-corrected chi connectivity index (χ3v) is 3.94. The van der Waals surface area contributed by atoms with E-state index in [0.717, 1.165) is 28.4 Å². The zero-order chi connectivity index (χ0) is 18.2. The van der Waals surface area contributed by atoms with E-state index in [0.29, 0.717) is 13.1 Å². The van der Waals surface area contributed by atoms with Crippen molar-refractivity contribution < 1.29 is 13.9 Å². The smallest absolute Gasteiger partial charge is 0.146 e. The summed E-state index contributed by atoms with van der Waals surface area (Å²) < 4.78 is 15.8. The molecule has 0 spiro atoms. The van der Waals surface area contributed by atoms with Gasteiger partial charge in [0.15, 0.2) is 0 Å². The Labute approximate surface area is 153 Å². The first kappa shape index (κ1) is 17.6. The van der Waals surface area contributed by atoms with Crippen LogP contribution in [0, 0.1) is 0 Å². The molecule has 0 aliphatic heterocycles. The molecule has 3 rings (SSSR count). The summed E-state index contributed by atoms with van der Waals surface area (Å²) in [6.07, 6.45) is 3.37. The van der Waals surface area contributed by atoms with Crippen LogP contribution in [0.5, 0.6) is 11.5 Å². The lowest BCUT2D eigenvalue weighted by atomic mass is 10.2. The van der Waals surface area contributed by atoms with Crippen LogP contribution in [-0.4, -0.2) is 25.4 Å². The van der Waals surface area contributed by atoms with Gasteiger partial charge >= 0.3 is 0 Å². The average molecular weight is 350 g/mol. The van der Waals surface area contributed by atoms with Crippen molar-refractivity contribution in [1.82, 2.24) is 5.01 Å². The SMILES string of the molecule is COc1ccc(CN(Cc2ccc(OC)cc2)N=Cc2ccco2)cc1. The third kappa shape index (κ3) is 4.89. The third-order valence-electron chi connectivity index (χ3n) is 3.94. The summed E-state index contributed by atoms with van der Waals surface area (Å²) in [6, 6.07) is 19.7. The Balaban J connectivity index is 1.75. The largest absolute Gasteiger partial charge is 0.497 e. The monoisotopic (exact) mass is 350 g/mol. The first-order chi connectivity index (χ1) is 12.8. The fourth-order valence-electron chi connectivity index (χ4n) is 2.52. The van der Waals surface area contributed by atoms with Crippen LogP contribution in [0.4, 0.5) is 0 Å². The maximum absolute atomic E-state index is 5.34. The number of methoxy groups -OCH3 is 2. The second-order valence-corrected chi connectivity index (χ2v) is 5.78. The Morgan fingerprint density at radius 2 is 1.38 bits per heavy atom. The van der Waals surface area contributed by atoms with Crippen LogP contribution in [-0.2, 0) is 13.1 Å². The average Bonchev–Trinajstić information content (AvgIpc) is 3.21.